The van der Waals surface area contributed by atoms with Gasteiger partial charge in [0.05, 0.1) is 39.9 Å². The number of aromatic amines is 1. The number of H-pyrrole nitrogens is 1. The number of aromatic nitrogens is 2. The van der Waals surface area contributed by atoms with E-state index in [9.17, 15) is 9.90 Å². The van der Waals surface area contributed by atoms with E-state index in [1.54, 1.807) is 18.2 Å². The smallest absolute Gasteiger partial charge is 0.340 e. The first-order valence-corrected chi connectivity index (χ1v) is 10.8. The zero-order chi connectivity index (χ0) is 22.4. The Bertz CT molecular complexity index is 1340. The number of nitrogens with zero attached hydrogens (tertiary/aromatic N) is 3. The molecule has 0 aliphatic carbocycles. The van der Waals surface area contributed by atoms with Gasteiger partial charge in [-0.05, 0) is 49.5 Å². The molecule has 32 heavy (non-hydrogen) atoms. The van der Waals surface area contributed by atoms with Crippen LogP contribution in [0.1, 0.15) is 10.4 Å². The molecule has 2 N–H and O–H groups in total. The molecule has 0 bridgehead atoms. The summed E-state index contributed by atoms with van der Waals surface area (Å²) in [6.07, 6.45) is 0. The number of piperazine rings is 1. The monoisotopic (exact) mass is 450 g/mol. The number of ether oxygens (including phenoxy) is 1. The van der Waals surface area contributed by atoms with E-state index in [4.69, 9.17) is 21.3 Å². The van der Waals surface area contributed by atoms with Gasteiger partial charge in [-0.1, -0.05) is 11.6 Å². The zero-order valence-corrected chi connectivity index (χ0v) is 18.6. The van der Waals surface area contributed by atoms with Gasteiger partial charge in [-0.2, -0.15) is 0 Å². The molecule has 0 amide bonds. The van der Waals surface area contributed by atoms with Crippen LogP contribution in [0.3, 0.4) is 0 Å². The van der Waals surface area contributed by atoms with Crippen molar-refractivity contribution >= 4 is 45.2 Å². The van der Waals surface area contributed by atoms with Crippen LogP contribution in [0.4, 0.5) is 5.69 Å². The van der Waals surface area contributed by atoms with Crippen molar-refractivity contribution in [2.45, 2.75) is 0 Å². The largest absolute Gasteiger partial charge is 0.506 e. The van der Waals surface area contributed by atoms with Crippen molar-refractivity contribution in [2.75, 3.05) is 45.2 Å². The number of fused-ring (bicyclic) bond motifs is 3. The van der Waals surface area contributed by atoms with E-state index in [0.29, 0.717) is 27.9 Å². The maximum atomic E-state index is 12.6. The molecule has 5 rings (SSSR count). The van der Waals surface area contributed by atoms with Crippen LogP contribution in [0.15, 0.2) is 42.5 Å². The normalized spacial score (nSPS) is 14.9. The summed E-state index contributed by atoms with van der Waals surface area (Å²) in [5.41, 5.74) is 5.04. The maximum absolute atomic E-state index is 12.6. The Labute approximate surface area is 190 Å². The minimum Gasteiger partial charge on any atom is -0.506 e. The number of pyridine rings is 1. The maximum Gasteiger partial charge on any atom is 0.340 e. The van der Waals surface area contributed by atoms with Gasteiger partial charge in [0.15, 0.2) is 0 Å². The van der Waals surface area contributed by atoms with Crippen molar-refractivity contribution in [1.82, 2.24) is 14.9 Å². The number of nitrogens with one attached hydrogen (secondary N) is 1. The summed E-state index contributed by atoms with van der Waals surface area (Å²) >= 11 is 6.10. The standard InChI is InChI=1S/C24H23ClN4O3/c1-28-7-9-29(10-8-28)15-4-5-16-20(12-15)27-23-17(24(31)32-2)13-19(26-22(16)23)14-3-6-21(30)18(25)11-14/h3-6,11-13,27,30H,7-10H2,1-2H3. The molecule has 4 aromatic rings. The fourth-order valence-electron chi connectivity index (χ4n) is 4.19. The first-order valence-electron chi connectivity index (χ1n) is 10.4. The van der Waals surface area contributed by atoms with Crippen LogP contribution in [0.2, 0.25) is 5.02 Å². The van der Waals surface area contributed by atoms with Gasteiger partial charge in [0, 0.05) is 42.8 Å². The Hall–Kier alpha value is -3.29. The Kier molecular flexibility index (Phi) is 5.15. The molecule has 0 saturated carbocycles. The lowest BCUT2D eigenvalue weighted by molar-refractivity contribution is 0.0602. The van der Waals surface area contributed by atoms with Crippen molar-refractivity contribution in [3.05, 3.63) is 53.1 Å². The third-order valence-corrected chi connectivity index (χ3v) is 6.36. The van der Waals surface area contributed by atoms with Crippen LogP contribution in [0.25, 0.3) is 33.2 Å². The molecule has 1 saturated heterocycles. The number of anilines is 1. The Morgan fingerprint density at radius 1 is 1.12 bits per heavy atom. The second-order valence-corrected chi connectivity index (χ2v) is 8.49. The van der Waals surface area contributed by atoms with Gasteiger partial charge in [-0.3, -0.25) is 0 Å². The predicted octanol–water partition coefficient (Wildman–Crippen LogP) is 4.28. The van der Waals surface area contributed by atoms with E-state index in [2.05, 4.69) is 34.0 Å². The summed E-state index contributed by atoms with van der Waals surface area (Å²) < 4.78 is 5.04. The van der Waals surface area contributed by atoms with Crippen LogP contribution >= 0.6 is 11.6 Å². The molecule has 164 valence electrons. The van der Waals surface area contributed by atoms with Gasteiger partial charge in [-0.25, -0.2) is 9.78 Å². The number of hydrogen-bond donors (Lipinski definition) is 2. The molecule has 0 atom stereocenters. The van der Waals surface area contributed by atoms with Gasteiger partial charge in [0.1, 0.15) is 5.75 Å². The van der Waals surface area contributed by atoms with Crippen molar-refractivity contribution in [2.24, 2.45) is 0 Å². The van der Waals surface area contributed by atoms with E-state index in [1.165, 1.54) is 13.2 Å². The van der Waals surface area contributed by atoms with Crippen LogP contribution in [0, 0.1) is 0 Å². The van der Waals surface area contributed by atoms with Crippen molar-refractivity contribution in [3.63, 3.8) is 0 Å². The minimum absolute atomic E-state index is 0.00628. The number of hydrogen-bond acceptors (Lipinski definition) is 6. The third-order valence-electron chi connectivity index (χ3n) is 6.05. The highest BCUT2D eigenvalue weighted by atomic mass is 35.5. The average molecular weight is 451 g/mol. The summed E-state index contributed by atoms with van der Waals surface area (Å²) in [7, 11) is 3.50. The number of phenols is 1. The minimum atomic E-state index is -0.450. The highest BCUT2D eigenvalue weighted by molar-refractivity contribution is 6.32. The second-order valence-electron chi connectivity index (χ2n) is 8.08. The first kappa shape index (κ1) is 20.6. The number of carbonyl (C=O) groups is 1. The topological polar surface area (TPSA) is 81.7 Å². The Morgan fingerprint density at radius 3 is 2.62 bits per heavy atom. The van der Waals surface area contributed by atoms with Gasteiger partial charge in [0.25, 0.3) is 0 Å². The van der Waals surface area contributed by atoms with E-state index in [-0.39, 0.29) is 10.8 Å². The van der Waals surface area contributed by atoms with E-state index in [1.807, 2.05) is 6.07 Å². The first-order chi connectivity index (χ1) is 15.4. The molecule has 0 radical (unpaired) electrons. The van der Waals surface area contributed by atoms with Crippen molar-refractivity contribution in [3.8, 4) is 17.0 Å². The molecule has 2 aromatic carbocycles. The molecular weight excluding hydrogens is 428 g/mol. The molecule has 1 aliphatic heterocycles. The lowest BCUT2D eigenvalue weighted by Crippen LogP contribution is -2.44. The third kappa shape index (κ3) is 3.53. The van der Waals surface area contributed by atoms with Crippen LogP contribution in [-0.2, 0) is 4.74 Å². The number of aromatic hydroxyl groups is 1. The van der Waals surface area contributed by atoms with Gasteiger partial charge < -0.3 is 24.6 Å². The van der Waals surface area contributed by atoms with E-state index >= 15 is 0 Å². The number of carbonyl (C=O) groups excluding carboxylic acids is 1. The highest BCUT2D eigenvalue weighted by Gasteiger charge is 2.20. The Morgan fingerprint density at radius 2 is 1.91 bits per heavy atom. The summed E-state index contributed by atoms with van der Waals surface area (Å²) in [6.45, 7) is 3.99. The van der Waals surface area contributed by atoms with Crippen LogP contribution in [-0.4, -0.2) is 66.3 Å². The van der Waals surface area contributed by atoms with Gasteiger partial charge >= 0.3 is 5.97 Å². The number of esters is 1. The summed E-state index contributed by atoms with van der Waals surface area (Å²) in [5.74, 6) is -0.456. The SMILES string of the molecule is COC(=O)c1cc(-c2ccc(O)c(Cl)c2)nc2c1[nH]c1cc(N3CCN(C)CC3)ccc12. The van der Waals surface area contributed by atoms with Crippen molar-refractivity contribution in [1.29, 1.82) is 0 Å². The molecule has 1 aliphatic rings. The number of rotatable bonds is 3. The number of benzene rings is 2. The summed E-state index contributed by atoms with van der Waals surface area (Å²) in [5, 5.41) is 10.9. The zero-order valence-electron chi connectivity index (χ0n) is 17.9. The van der Waals surface area contributed by atoms with Crippen LogP contribution < -0.4 is 4.90 Å². The fourth-order valence-corrected chi connectivity index (χ4v) is 4.37. The number of phenolic OH excluding ortho intramolecular Hbond substituents is 1. The van der Waals surface area contributed by atoms with Gasteiger partial charge in [0.2, 0.25) is 0 Å². The van der Waals surface area contributed by atoms with E-state index in [0.717, 1.165) is 42.8 Å². The molecule has 1 fully saturated rings. The highest BCUT2D eigenvalue weighted by Crippen LogP contribution is 2.34. The van der Waals surface area contributed by atoms with Crippen LogP contribution in [0.5, 0.6) is 5.75 Å². The fraction of sp³-hybridized carbons (Fsp3) is 0.250. The second kappa shape index (κ2) is 8.00. The molecule has 3 heterocycles. The van der Waals surface area contributed by atoms with E-state index < -0.39 is 5.97 Å². The molecule has 2 aromatic heterocycles. The number of likely N-dealkylation sites (N-methyl/N-ethyl adjacent to an activating group) is 1. The van der Waals surface area contributed by atoms with Crippen molar-refractivity contribution < 1.29 is 14.6 Å². The summed E-state index contributed by atoms with van der Waals surface area (Å²) in [6, 6.07) is 12.8. The molecule has 0 unspecified atom stereocenters. The predicted molar refractivity (Wildman–Crippen MR) is 127 cm³/mol. The Balaban J connectivity index is 1.67. The molecule has 7 nitrogen and oxygen atoms in total. The number of halogens is 1. The molecule has 0 spiro atoms. The quantitative estimate of drug-likeness (QED) is 0.453. The molecule has 8 heteroatoms. The number of methoxy groups -OCH3 is 1. The van der Waals surface area contributed by atoms with Gasteiger partial charge in [-0.15, -0.1) is 0 Å². The average Bonchev–Trinajstić information content (AvgIpc) is 3.18. The summed E-state index contributed by atoms with van der Waals surface area (Å²) in [4.78, 5) is 25.5. The lowest BCUT2D eigenvalue weighted by atomic mass is 10.1. The lowest BCUT2D eigenvalue weighted by Gasteiger charge is -2.34. The molecular formula is C24H23ClN4O3.